The molecule has 0 aliphatic carbocycles. The molecule has 3 atom stereocenters. The highest BCUT2D eigenvalue weighted by atomic mass is 28.5. The third kappa shape index (κ3) is 18.7. The van der Waals surface area contributed by atoms with Gasteiger partial charge in [0.1, 0.15) is 0 Å². The predicted molar refractivity (Wildman–Crippen MR) is 144 cm³/mol. The van der Waals surface area contributed by atoms with E-state index in [0.29, 0.717) is 0 Å². The lowest BCUT2D eigenvalue weighted by Gasteiger charge is -2.32. The van der Waals surface area contributed by atoms with Crippen molar-refractivity contribution in [2.24, 2.45) is 0 Å². The van der Waals surface area contributed by atoms with Gasteiger partial charge < -0.3 is 28.8 Å². The molecule has 0 radical (unpaired) electrons. The molecular formula is C14H48O7Si8. The Morgan fingerprint density at radius 3 is 1.66 bits per heavy atom. The molecule has 178 valence electrons. The molecule has 15 heteroatoms. The van der Waals surface area contributed by atoms with Crippen LogP contribution >= 0.6 is 0 Å². The van der Waals surface area contributed by atoms with Crippen LogP contribution in [0.2, 0.25) is 71.0 Å². The summed E-state index contributed by atoms with van der Waals surface area (Å²) in [5.74, 6) is 0. The molecule has 1 aliphatic heterocycles. The highest BCUT2D eigenvalue weighted by Crippen LogP contribution is 2.16. The van der Waals surface area contributed by atoms with Crippen LogP contribution in [0.3, 0.4) is 0 Å². The van der Waals surface area contributed by atoms with Crippen molar-refractivity contribution in [3.8, 4) is 0 Å². The minimum Gasteiger partial charge on any atom is -0.441 e. The average Bonchev–Trinajstić information content (AvgIpc) is 2.49. The maximum Gasteiger partial charge on any atom is 0.303 e. The Morgan fingerprint density at radius 2 is 1.24 bits per heavy atom. The number of hydrogen-bond donors (Lipinski definition) is 0. The van der Waals surface area contributed by atoms with Crippen LogP contribution in [0.15, 0.2) is 0 Å². The normalized spacial score (nSPS) is 27.4. The molecule has 1 saturated heterocycles. The first-order chi connectivity index (χ1) is 12.8. The molecule has 0 N–H and O–H groups in total. The van der Waals surface area contributed by atoms with Crippen LogP contribution in [0.25, 0.3) is 0 Å². The van der Waals surface area contributed by atoms with E-state index in [-0.39, 0.29) is 7.43 Å². The van der Waals surface area contributed by atoms with Gasteiger partial charge in [-0.3, -0.25) is 0 Å². The molecule has 7 nitrogen and oxygen atoms in total. The standard InChI is InChI=1S/C11H38O7Si8.C2H6.CH4/c1-20-14-21(2)16-24(17-22(3)15-20)11-10-23(18-26(7,8)9)12-19-13-25(4,5)6;1-2;/h20-24H,10-11,19H2,1-9H3;1-2H3;1H4. The third-order valence-corrected chi connectivity index (χ3v) is 27.1. The maximum atomic E-state index is 6.37. The first-order valence-corrected chi connectivity index (χ1v) is 28.2. The van der Waals surface area contributed by atoms with Crippen molar-refractivity contribution in [1.82, 2.24) is 0 Å². The Balaban J connectivity index is 0. The maximum absolute atomic E-state index is 6.37. The fourth-order valence-corrected chi connectivity index (χ4v) is 24.8. The molecule has 3 unspecified atom stereocenters. The highest BCUT2D eigenvalue weighted by molar-refractivity contribution is 6.78. The summed E-state index contributed by atoms with van der Waals surface area (Å²) in [5, 5.41) is 0. The van der Waals surface area contributed by atoms with Gasteiger partial charge in [0, 0.05) is 0 Å². The Bertz CT molecular complexity index is 396. The van der Waals surface area contributed by atoms with E-state index in [2.05, 4.69) is 58.9 Å². The second-order valence-electron chi connectivity index (χ2n) is 8.46. The second-order valence-corrected chi connectivity index (χ2v) is 31.2. The molecule has 1 aliphatic rings. The van der Waals surface area contributed by atoms with Gasteiger partial charge in [0.2, 0.25) is 0 Å². The van der Waals surface area contributed by atoms with Crippen LogP contribution in [0.4, 0.5) is 0 Å². The lowest BCUT2D eigenvalue weighted by molar-refractivity contribution is 0.290. The second kappa shape index (κ2) is 16.1. The van der Waals surface area contributed by atoms with Crippen LogP contribution in [-0.4, -0.2) is 73.1 Å². The summed E-state index contributed by atoms with van der Waals surface area (Å²) >= 11 is 0. The van der Waals surface area contributed by atoms with Crippen molar-refractivity contribution in [3.05, 3.63) is 0 Å². The van der Waals surface area contributed by atoms with E-state index in [0.717, 1.165) is 12.1 Å². The van der Waals surface area contributed by atoms with Gasteiger partial charge in [-0.1, -0.05) is 21.3 Å². The molecule has 0 spiro atoms. The van der Waals surface area contributed by atoms with Gasteiger partial charge in [-0.15, -0.1) is 0 Å². The molecule has 0 saturated carbocycles. The molecular weight excluding hydrogens is 505 g/mol. The highest BCUT2D eigenvalue weighted by Gasteiger charge is 2.31. The van der Waals surface area contributed by atoms with E-state index >= 15 is 0 Å². The lowest BCUT2D eigenvalue weighted by Crippen LogP contribution is -2.46. The SMILES string of the molecule is C.CC.C[SiH]1O[SiH](C)O[SiH](CC[SiH](O[SiH2]O[Si](C)(C)C)O[Si](C)(C)C)O[SiH](C)O1. The van der Waals surface area contributed by atoms with Gasteiger partial charge in [-0.05, 0) is 71.0 Å². The van der Waals surface area contributed by atoms with Crippen molar-refractivity contribution in [3.63, 3.8) is 0 Å². The molecule has 0 bridgehead atoms. The van der Waals surface area contributed by atoms with E-state index in [9.17, 15) is 0 Å². The van der Waals surface area contributed by atoms with Crippen LogP contribution in [0.5, 0.6) is 0 Å². The zero-order valence-corrected chi connectivity index (χ0v) is 29.1. The summed E-state index contributed by atoms with van der Waals surface area (Å²) in [5.41, 5.74) is 0. The minimum atomic E-state index is -1.77. The Kier molecular flexibility index (Phi) is 18.1. The zero-order valence-electron chi connectivity index (χ0n) is 19.9. The van der Waals surface area contributed by atoms with Crippen molar-refractivity contribution in [2.75, 3.05) is 0 Å². The fourth-order valence-electron chi connectivity index (χ4n) is 2.36. The largest absolute Gasteiger partial charge is 0.441 e. The summed E-state index contributed by atoms with van der Waals surface area (Å²) < 4.78 is 42.9. The van der Waals surface area contributed by atoms with Crippen LogP contribution < -0.4 is 0 Å². The minimum absolute atomic E-state index is 0. The molecule has 0 aromatic carbocycles. The summed E-state index contributed by atoms with van der Waals surface area (Å²) in [6.45, 7) is 23.5. The predicted octanol–water partition coefficient (Wildman–Crippen LogP) is 2.44. The lowest BCUT2D eigenvalue weighted by atomic mass is 11.0. The Labute approximate surface area is 193 Å². The average molecular weight is 553 g/mol. The van der Waals surface area contributed by atoms with Gasteiger partial charge in [-0.2, -0.15) is 0 Å². The van der Waals surface area contributed by atoms with Crippen molar-refractivity contribution >= 4 is 73.1 Å². The molecule has 0 amide bonds. The Hall–Kier alpha value is 1.46. The first kappa shape index (κ1) is 32.6. The fraction of sp³-hybridized carbons (Fsp3) is 1.00. The topological polar surface area (TPSA) is 64.6 Å². The van der Waals surface area contributed by atoms with Gasteiger partial charge >= 0.3 is 18.6 Å². The van der Waals surface area contributed by atoms with Gasteiger partial charge in [0.25, 0.3) is 37.9 Å². The van der Waals surface area contributed by atoms with E-state index in [4.69, 9.17) is 28.8 Å². The Morgan fingerprint density at radius 1 is 0.793 bits per heavy atom. The molecule has 29 heavy (non-hydrogen) atoms. The number of rotatable bonds is 9. The van der Waals surface area contributed by atoms with Gasteiger partial charge in [0.05, 0.1) is 0 Å². The van der Waals surface area contributed by atoms with E-state index in [1.165, 1.54) is 0 Å². The zero-order chi connectivity index (χ0) is 22.0. The molecule has 1 fully saturated rings. The van der Waals surface area contributed by atoms with Gasteiger partial charge in [-0.25, -0.2) is 0 Å². The molecule has 1 heterocycles. The summed E-state index contributed by atoms with van der Waals surface area (Å²) in [7, 11) is -12.5. The van der Waals surface area contributed by atoms with Crippen molar-refractivity contribution in [2.45, 2.75) is 92.3 Å². The monoisotopic (exact) mass is 552 g/mol. The van der Waals surface area contributed by atoms with E-state index in [1.54, 1.807) is 0 Å². The summed E-state index contributed by atoms with van der Waals surface area (Å²) in [4.78, 5) is 0. The molecule has 0 aromatic heterocycles. The number of hydrogen-bond acceptors (Lipinski definition) is 7. The van der Waals surface area contributed by atoms with Gasteiger partial charge in [0.15, 0.2) is 16.6 Å². The quantitative estimate of drug-likeness (QED) is 0.407. The smallest absolute Gasteiger partial charge is 0.303 e. The van der Waals surface area contributed by atoms with Crippen LogP contribution in [-0.2, 0) is 28.8 Å². The van der Waals surface area contributed by atoms with E-state index < -0.39 is 73.1 Å². The van der Waals surface area contributed by atoms with Crippen molar-refractivity contribution < 1.29 is 28.8 Å². The summed E-state index contributed by atoms with van der Waals surface area (Å²) in [6, 6.07) is 1.85. The van der Waals surface area contributed by atoms with E-state index in [1.807, 2.05) is 13.8 Å². The molecule has 0 aromatic rings. The van der Waals surface area contributed by atoms with Crippen LogP contribution in [0, 0.1) is 0 Å². The summed E-state index contributed by atoms with van der Waals surface area (Å²) in [6.07, 6.45) is 0. The van der Waals surface area contributed by atoms with Crippen molar-refractivity contribution in [1.29, 1.82) is 0 Å². The third-order valence-electron chi connectivity index (χ3n) is 3.32. The first-order valence-electron chi connectivity index (χ1n) is 10.4. The van der Waals surface area contributed by atoms with Crippen LogP contribution in [0.1, 0.15) is 21.3 Å². The molecule has 1 rings (SSSR count).